The van der Waals surface area contributed by atoms with Gasteiger partial charge in [0.05, 0.1) is 6.07 Å². The van der Waals surface area contributed by atoms with Crippen LogP contribution < -0.4 is 0 Å². The van der Waals surface area contributed by atoms with Gasteiger partial charge in [-0.05, 0) is 12.3 Å². The molecule has 1 heteroatoms. The Bertz CT molecular complexity index is 162. The van der Waals surface area contributed by atoms with Crippen LogP contribution in [0.4, 0.5) is 0 Å². The number of hydrogen-bond donors (Lipinski definition) is 0. The number of nitriles is 1. The number of hydrogen-bond acceptors (Lipinski definition) is 1. The van der Waals surface area contributed by atoms with Gasteiger partial charge in [0.2, 0.25) is 0 Å². The summed E-state index contributed by atoms with van der Waals surface area (Å²) in [5, 5.41) is 8.68. The molecule has 1 nitrogen and oxygen atoms in total. The first-order chi connectivity index (χ1) is 5.24. The predicted octanol–water partition coefficient (Wildman–Crippen LogP) is 3.28. The molecule has 0 saturated heterocycles. The molecule has 0 N–H and O–H groups in total. The molecule has 1 atom stereocenters. The van der Waals surface area contributed by atoms with Gasteiger partial charge in [-0.1, -0.05) is 39.7 Å². The lowest BCUT2D eigenvalue weighted by Crippen LogP contribution is -1.88. The minimum atomic E-state index is 0.552. The molecular weight excluding hydrogens is 134 g/mol. The maximum absolute atomic E-state index is 8.68. The topological polar surface area (TPSA) is 23.8 Å². The van der Waals surface area contributed by atoms with Crippen LogP contribution in [0.25, 0.3) is 0 Å². The monoisotopic (exact) mass is 151 g/mol. The number of nitrogens with zero attached hydrogens (tertiary/aromatic N) is 1. The molecule has 0 aromatic carbocycles. The van der Waals surface area contributed by atoms with Gasteiger partial charge >= 0.3 is 0 Å². The quantitative estimate of drug-likeness (QED) is 0.566. The second-order valence-electron chi connectivity index (χ2n) is 2.94. The lowest BCUT2D eigenvalue weighted by Gasteiger charge is -2.01. The normalized spacial score (nSPS) is 14.2. The van der Waals surface area contributed by atoms with Crippen LogP contribution in [0.3, 0.4) is 0 Å². The van der Waals surface area contributed by atoms with E-state index in [-0.39, 0.29) is 0 Å². The van der Waals surface area contributed by atoms with Crippen LogP contribution in [0.15, 0.2) is 11.6 Å². The van der Waals surface area contributed by atoms with Crippen molar-refractivity contribution in [1.29, 1.82) is 5.26 Å². The van der Waals surface area contributed by atoms with Crippen LogP contribution in [-0.4, -0.2) is 0 Å². The van der Waals surface area contributed by atoms with Crippen LogP contribution in [-0.2, 0) is 0 Å². The Kier molecular flexibility index (Phi) is 5.56. The number of allylic oxidation sites excluding steroid dienone is 2. The van der Waals surface area contributed by atoms with E-state index in [4.69, 9.17) is 5.26 Å². The number of rotatable bonds is 4. The Morgan fingerprint density at radius 2 is 2.18 bits per heavy atom. The second kappa shape index (κ2) is 5.97. The Morgan fingerprint density at radius 3 is 2.55 bits per heavy atom. The molecule has 0 amide bonds. The zero-order valence-electron chi connectivity index (χ0n) is 7.72. The molecule has 0 rings (SSSR count). The summed E-state index contributed by atoms with van der Waals surface area (Å²) in [5.74, 6) is 0.552. The minimum Gasteiger partial charge on any atom is -0.193 e. The smallest absolute Gasteiger partial charge is 0.0943 e. The van der Waals surface area contributed by atoms with E-state index in [9.17, 15) is 0 Å². The van der Waals surface area contributed by atoms with Crippen molar-refractivity contribution in [2.24, 2.45) is 5.92 Å². The zero-order valence-corrected chi connectivity index (χ0v) is 7.72. The van der Waals surface area contributed by atoms with Gasteiger partial charge in [-0.2, -0.15) is 5.26 Å². The maximum atomic E-state index is 8.68. The van der Waals surface area contributed by atoms with Gasteiger partial charge in [0.15, 0.2) is 0 Å². The van der Waals surface area contributed by atoms with Crippen molar-refractivity contribution in [2.45, 2.75) is 40.0 Å². The lowest BCUT2D eigenvalue weighted by molar-refractivity contribution is 0.690. The van der Waals surface area contributed by atoms with Crippen molar-refractivity contribution >= 4 is 0 Å². The summed E-state index contributed by atoms with van der Waals surface area (Å²) < 4.78 is 0. The lowest BCUT2D eigenvalue weighted by atomic mass is 10.0. The largest absolute Gasteiger partial charge is 0.193 e. The van der Waals surface area contributed by atoms with Crippen molar-refractivity contribution in [3.05, 3.63) is 11.6 Å². The molecule has 62 valence electrons. The fourth-order valence-corrected chi connectivity index (χ4v) is 0.907. The highest BCUT2D eigenvalue weighted by Gasteiger charge is 1.97. The van der Waals surface area contributed by atoms with E-state index in [1.54, 1.807) is 0 Å². The predicted molar refractivity (Wildman–Crippen MR) is 48.1 cm³/mol. The van der Waals surface area contributed by atoms with Crippen molar-refractivity contribution in [3.63, 3.8) is 0 Å². The molecule has 0 bridgehead atoms. The first-order valence-electron chi connectivity index (χ1n) is 4.35. The summed E-state index contributed by atoms with van der Waals surface area (Å²) in [4.78, 5) is 0. The summed E-state index contributed by atoms with van der Waals surface area (Å²) >= 11 is 0. The molecule has 0 aliphatic carbocycles. The van der Waals surface area contributed by atoms with E-state index >= 15 is 0 Å². The summed E-state index contributed by atoms with van der Waals surface area (Å²) in [7, 11) is 0. The van der Waals surface area contributed by atoms with Gasteiger partial charge in [0.1, 0.15) is 0 Å². The van der Waals surface area contributed by atoms with Gasteiger partial charge in [-0.3, -0.25) is 0 Å². The average Bonchev–Trinajstić information content (AvgIpc) is 2.03. The zero-order chi connectivity index (χ0) is 8.69. The fourth-order valence-electron chi connectivity index (χ4n) is 0.907. The van der Waals surface area contributed by atoms with Crippen LogP contribution in [0.1, 0.15) is 40.0 Å². The highest BCUT2D eigenvalue weighted by Crippen LogP contribution is 2.10. The Labute approximate surface area is 69.7 Å². The third kappa shape index (κ3) is 4.61. The first-order valence-corrected chi connectivity index (χ1v) is 4.35. The Balaban J connectivity index is 4.02. The van der Waals surface area contributed by atoms with E-state index in [0.29, 0.717) is 5.92 Å². The summed E-state index contributed by atoms with van der Waals surface area (Å²) in [6, 6.07) is 2.23. The molecule has 0 aromatic rings. The molecule has 0 fully saturated rings. The van der Waals surface area contributed by atoms with Gasteiger partial charge in [0.25, 0.3) is 0 Å². The van der Waals surface area contributed by atoms with E-state index in [0.717, 1.165) is 24.8 Å². The molecule has 0 heterocycles. The highest BCUT2D eigenvalue weighted by molar-refractivity contribution is 5.20. The van der Waals surface area contributed by atoms with E-state index in [1.807, 2.05) is 0 Å². The van der Waals surface area contributed by atoms with Crippen molar-refractivity contribution < 1.29 is 0 Å². The second-order valence-corrected chi connectivity index (χ2v) is 2.94. The molecular formula is C10H17N. The Hall–Kier alpha value is -0.770. The molecule has 11 heavy (non-hydrogen) atoms. The first kappa shape index (κ1) is 10.2. The molecule has 0 aliphatic heterocycles. The average molecular weight is 151 g/mol. The SMILES string of the molecule is CCC/C(C#N)=C\C(C)CC. The Morgan fingerprint density at radius 1 is 1.55 bits per heavy atom. The van der Waals surface area contributed by atoms with E-state index in [2.05, 4.69) is 32.9 Å². The van der Waals surface area contributed by atoms with Gasteiger partial charge in [-0.15, -0.1) is 0 Å². The molecule has 0 spiro atoms. The van der Waals surface area contributed by atoms with Crippen LogP contribution >= 0.6 is 0 Å². The van der Waals surface area contributed by atoms with Gasteiger partial charge < -0.3 is 0 Å². The molecule has 1 unspecified atom stereocenters. The highest BCUT2D eigenvalue weighted by atomic mass is 14.2. The van der Waals surface area contributed by atoms with Crippen molar-refractivity contribution in [2.75, 3.05) is 0 Å². The fraction of sp³-hybridized carbons (Fsp3) is 0.700. The summed E-state index contributed by atoms with van der Waals surface area (Å²) in [6.45, 7) is 6.39. The van der Waals surface area contributed by atoms with Crippen molar-refractivity contribution in [1.82, 2.24) is 0 Å². The van der Waals surface area contributed by atoms with E-state index < -0.39 is 0 Å². The maximum Gasteiger partial charge on any atom is 0.0943 e. The molecule has 0 aliphatic rings. The third-order valence-corrected chi connectivity index (χ3v) is 1.79. The summed E-state index contributed by atoms with van der Waals surface area (Å²) in [6.07, 6.45) is 5.20. The minimum absolute atomic E-state index is 0.552. The van der Waals surface area contributed by atoms with Crippen LogP contribution in [0, 0.1) is 17.2 Å². The van der Waals surface area contributed by atoms with Crippen LogP contribution in [0.2, 0.25) is 0 Å². The van der Waals surface area contributed by atoms with Gasteiger partial charge in [0, 0.05) is 5.57 Å². The van der Waals surface area contributed by atoms with Gasteiger partial charge in [-0.25, -0.2) is 0 Å². The van der Waals surface area contributed by atoms with Crippen molar-refractivity contribution in [3.8, 4) is 6.07 Å². The third-order valence-electron chi connectivity index (χ3n) is 1.79. The molecule has 0 aromatic heterocycles. The van der Waals surface area contributed by atoms with E-state index in [1.165, 1.54) is 0 Å². The summed E-state index contributed by atoms with van der Waals surface area (Å²) in [5.41, 5.74) is 0.946. The van der Waals surface area contributed by atoms with Crippen LogP contribution in [0.5, 0.6) is 0 Å². The standard InChI is InChI=1S/C10H17N/c1-4-6-10(8-11)7-9(3)5-2/h7,9H,4-6H2,1-3H3/b10-7+. The molecule has 0 radical (unpaired) electrons. The molecule has 0 saturated carbocycles.